The maximum atomic E-state index is 6.60. The molecule has 0 aromatic heterocycles. The summed E-state index contributed by atoms with van der Waals surface area (Å²) in [4.78, 5) is 0. The van der Waals surface area contributed by atoms with Gasteiger partial charge >= 0.3 is 0 Å². The molecule has 3 aromatic carbocycles. The van der Waals surface area contributed by atoms with Gasteiger partial charge in [0.2, 0.25) is 0 Å². The maximum absolute atomic E-state index is 6.60. The molecule has 6 nitrogen and oxygen atoms in total. The van der Waals surface area contributed by atoms with Gasteiger partial charge < -0.3 is 28.4 Å². The Bertz CT molecular complexity index is 1130. The highest BCUT2D eigenvalue weighted by molar-refractivity contribution is 14.1. The Balaban J connectivity index is 2.47. The SMILES string of the molecule is COc1c(Cl)c(OC)c(-c2cccc(-c3c(OC)c(Cl)c(OC)c(Cl)c3OC)c2I)c(OC)c1Cl. The number of benzene rings is 3. The zero-order valence-electron chi connectivity index (χ0n) is 19.6. The van der Waals surface area contributed by atoms with E-state index in [1.807, 2.05) is 18.2 Å². The molecule has 188 valence electrons. The van der Waals surface area contributed by atoms with Gasteiger partial charge in [0.1, 0.15) is 20.1 Å². The van der Waals surface area contributed by atoms with Crippen LogP contribution in [0.15, 0.2) is 18.2 Å². The topological polar surface area (TPSA) is 55.4 Å². The summed E-state index contributed by atoms with van der Waals surface area (Å²) in [5, 5.41) is 0.843. The lowest BCUT2D eigenvalue weighted by Gasteiger charge is -2.23. The van der Waals surface area contributed by atoms with E-state index in [2.05, 4.69) is 22.6 Å². The summed E-state index contributed by atoms with van der Waals surface area (Å²) in [6.07, 6.45) is 0. The molecule has 0 atom stereocenters. The molecule has 0 amide bonds. The molecule has 0 bridgehead atoms. The van der Waals surface area contributed by atoms with Crippen molar-refractivity contribution in [2.75, 3.05) is 42.7 Å². The summed E-state index contributed by atoms with van der Waals surface area (Å²) >= 11 is 28.6. The van der Waals surface area contributed by atoms with Gasteiger partial charge in [-0.3, -0.25) is 0 Å². The van der Waals surface area contributed by atoms with Crippen LogP contribution in [0.4, 0.5) is 0 Å². The molecule has 0 heterocycles. The normalized spacial score (nSPS) is 10.7. The van der Waals surface area contributed by atoms with Gasteiger partial charge in [-0.05, 0) is 22.6 Å². The van der Waals surface area contributed by atoms with Gasteiger partial charge in [0, 0.05) is 14.7 Å². The van der Waals surface area contributed by atoms with E-state index in [1.54, 1.807) is 0 Å². The lowest BCUT2D eigenvalue weighted by atomic mass is 9.96. The molecule has 0 aliphatic rings. The average molecular weight is 674 g/mol. The summed E-state index contributed by atoms with van der Waals surface area (Å²) in [7, 11) is 8.94. The summed E-state index contributed by atoms with van der Waals surface area (Å²) in [6, 6.07) is 5.62. The van der Waals surface area contributed by atoms with Crippen LogP contribution in [0.3, 0.4) is 0 Å². The van der Waals surface area contributed by atoms with Gasteiger partial charge in [0.05, 0.1) is 53.8 Å². The molecular weight excluding hydrogens is 653 g/mol. The molecule has 3 rings (SSSR count). The highest BCUT2D eigenvalue weighted by Gasteiger charge is 2.30. The largest absolute Gasteiger partial charge is 0.494 e. The molecular formula is C24H21Cl4IO6. The van der Waals surface area contributed by atoms with Crippen LogP contribution in [0.2, 0.25) is 20.1 Å². The molecule has 0 saturated carbocycles. The zero-order valence-corrected chi connectivity index (χ0v) is 24.8. The van der Waals surface area contributed by atoms with Crippen LogP contribution in [0.1, 0.15) is 0 Å². The molecule has 0 fully saturated rings. The van der Waals surface area contributed by atoms with Gasteiger partial charge in [-0.15, -0.1) is 0 Å². The Morgan fingerprint density at radius 3 is 0.971 bits per heavy atom. The van der Waals surface area contributed by atoms with E-state index in [0.29, 0.717) is 34.1 Å². The van der Waals surface area contributed by atoms with Crippen molar-refractivity contribution in [3.8, 4) is 56.8 Å². The highest BCUT2D eigenvalue weighted by Crippen LogP contribution is 2.57. The minimum absolute atomic E-state index is 0.211. The van der Waals surface area contributed by atoms with Crippen molar-refractivity contribution in [1.29, 1.82) is 0 Å². The smallest absolute Gasteiger partial charge is 0.163 e. The van der Waals surface area contributed by atoms with Crippen molar-refractivity contribution in [3.05, 3.63) is 41.9 Å². The Hall–Kier alpha value is -1.65. The third-order valence-electron chi connectivity index (χ3n) is 5.27. The van der Waals surface area contributed by atoms with Gasteiger partial charge in [-0.25, -0.2) is 0 Å². The molecule has 35 heavy (non-hydrogen) atoms. The number of rotatable bonds is 8. The van der Waals surface area contributed by atoms with Crippen molar-refractivity contribution in [2.45, 2.75) is 0 Å². The standard InChI is InChI=1S/C24H21Cl4IO6/c1-30-19-12(20(31-2)15(26)23(34-5)14(19)25)10-8-7-9-11(18(10)29)13-21(32-3)16(27)24(35-6)17(28)22(13)33-4/h7-9H,1-6H3. The molecule has 0 N–H and O–H groups in total. The third-order valence-corrected chi connectivity index (χ3v) is 7.80. The summed E-state index contributed by atoms with van der Waals surface area (Å²) in [6.45, 7) is 0. The Morgan fingerprint density at radius 1 is 0.486 bits per heavy atom. The van der Waals surface area contributed by atoms with Crippen LogP contribution in [0, 0.1) is 3.57 Å². The number of halogens is 5. The fraction of sp³-hybridized carbons (Fsp3) is 0.250. The van der Waals surface area contributed by atoms with Crippen molar-refractivity contribution >= 4 is 69.0 Å². The zero-order chi connectivity index (χ0) is 26.0. The first-order valence-electron chi connectivity index (χ1n) is 9.86. The van der Waals surface area contributed by atoms with E-state index in [-0.39, 0.29) is 31.6 Å². The quantitative estimate of drug-likeness (QED) is 0.224. The van der Waals surface area contributed by atoms with Gasteiger partial charge in [0.25, 0.3) is 0 Å². The predicted molar refractivity (Wildman–Crippen MR) is 149 cm³/mol. The summed E-state index contributed by atoms with van der Waals surface area (Å²) < 4.78 is 34.2. The highest BCUT2D eigenvalue weighted by atomic mass is 127. The van der Waals surface area contributed by atoms with E-state index < -0.39 is 0 Å². The van der Waals surface area contributed by atoms with Crippen LogP contribution in [0.25, 0.3) is 22.3 Å². The minimum Gasteiger partial charge on any atom is -0.494 e. The second kappa shape index (κ2) is 11.6. The lowest BCUT2D eigenvalue weighted by Crippen LogP contribution is -2.02. The first kappa shape index (κ1) is 27.9. The maximum Gasteiger partial charge on any atom is 0.163 e. The Morgan fingerprint density at radius 2 is 0.743 bits per heavy atom. The monoisotopic (exact) mass is 672 g/mol. The van der Waals surface area contributed by atoms with Crippen molar-refractivity contribution in [1.82, 2.24) is 0 Å². The second-order valence-corrected chi connectivity index (χ2v) is 9.46. The predicted octanol–water partition coefficient (Wildman–Crippen LogP) is 8.29. The second-order valence-electron chi connectivity index (χ2n) is 6.87. The first-order valence-corrected chi connectivity index (χ1v) is 12.5. The van der Waals surface area contributed by atoms with E-state index in [1.165, 1.54) is 42.7 Å². The van der Waals surface area contributed by atoms with Crippen molar-refractivity contribution < 1.29 is 28.4 Å². The minimum atomic E-state index is 0.211. The number of hydrogen-bond acceptors (Lipinski definition) is 6. The Kier molecular flexibility index (Phi) is 9.26. The average Bonchev–Trinajstić information content (AvgIpc) is 2.84. The number of methoxy groups -OCH3 is 6. The van der Waals surface area contributed by atoms with Gasteiger partial charge in [-0.1, -0.05) is 64.6 Å². The van der Waals surface area contributed by atoms with Crippen molar-refractivity contribution in [3.63, 3.8) is 0 Å². The van der Waals surface area contributed by atoms with E-state index in [4.69, 9.17) is 74.8 Å². The van der Waals surface area contributed by atoms with Crippen LogP contribution in [0.5, 0.6) is 34.5 Å². The first-order chi connectivity index (χ1) is 16.7. The molecule has 0 aliphatic heterocycles. The fourth-order valence-electron chi connectivity index (χ4n) is 3.78. The Labute approximate surface area is 237 Å². The van der Waals surface area contributed by atoms with Gasteiger partial charge in [-0.2, -0.15) is 0 Å². The molecule has 11 heteroatoms. The van der Waals surface area contributed by atoms with Crippen LogP contribution in [-0.4, -0.2) is 42.7 Å². The van der Waals surface area contributed by atoms with Crippen LogP contribution >= 0.6 is 69.0 Å². The van der Waals surface area contributed by atoms with Crippen LogP contribution in [-0.2, 0) is 0 Å². The van der Waals surface area contributed by atoms with Crippen LogP contribution < -0.4 is 28.4 Å². The fourth-order valence-corrected chi connectivity index (χ4v) is 6.15. The van der Waals surface area contributed by atoms with E-state index >= 15 is 0 Å². The molecule has 0 spiro atoms. The molecule has 0 unspecified atom stereocenters. The van der Waals surface area contributed by atoms with Gasteiger partial charge in [0.15, 0.2) is 34.5 Å². The molecule has 0 saturated heterocycles. The number of hydrogen-bond donors (Lipinski definition) is 0. The molecule has 3 aromatic rings. The molecule has 0 aliphatic carbocycles. The van der Waals surface area contributed by atoms with E-state index in [0.717, 1.165) is 14.7 Å². The summed E-state index contributed by atoms with van der Waals surface area (Å²) in [5.74, 6) is 1.84. The third kappa shape index (κ3) is 4.62. The lowest BCUT2D eigenvalue weighted by molar-refractivity contribution is 0.378. The summed E-state index contributed by atoms with van der Waals surface area (Å²) in [5.41, 5.74) is 2.52. The molecule has 0 radical (unpaired) electrons. The number of ether oxygens (including phenoxy) is 6. The van der Waals surface area contributed by atoms with E-state index in [9.17, 15) is 0 Å². The van der Waals surface area contributed by atoms with Crippen molar-refractivity contribution in [2.24, 2.45) is 0 Å².